The van der Waals surface area contributed by atoms with E-state index < -0.39 is 0 Å². The summed E-state index contributed by atoms with van der Waals surface area (Å²) in [7, 11) is 2.03. The van der Waals surface area contributed by atoms with Crippen molar-refractivity contribution in [2.45, 2.75) is 32.8 Å². The lowest BCUT2D eigenvalue weighted by atomic mass is 10.0. The third-order valence-corrected chi connectivity index (χ3v) is 3.02. The summed E-state index contributed by atoms with van der Waals surface area (Å²) in [5, 5.41) is 0. The summed E-state index contributed by atoms with van der Waals surface area (Å²) in [6.45, 7) is 6.84. The fraction of sp³-hybridized carbons (Fsp3) is 0.500. The van der Waals surface area contributed by atoms with E-state index in [1.54, 1.807) is 0 Å². The Morgan fingerprint density at radius 2 is 2.18 bits per heavy atom. The zero-order valence-corrected chi connectivity index (χ0v) is 10.9. The number of ketones is 1. The second-order valence-electron chi connectivity index (χ2n) is 5.18. The van der Waals surface area contributed by atoms with E-state index in [0.717, 1.165) is 23.5 Å². The number of likely N-dealkylation sites (N-methyl/N-ethyl adjacent to an activating group) is 1. The van der Waals surface area contributed by atoms with E-state index in [9.17, 15) is 4.79 Å². The van der Waals surface area contributed by atoms with Gasteiger partial charge in [-0.05, 0) is 32.0 Å². The highest BCUT2D eigenvalue weighted by Crippen LogP contribution is 2.36. The summed E-state index contributed by atoms with van der Waals surface area (Å²) in [5.41, 5.74) is 1.59. The molecule has 1 aliphatic rings. The Kier molecular flexibility index (Phi) is 2.86. The molecule has 0 amide bonds. The van der Waals surface area contributed by atoms with Gasteiger partial charge in [0.15, 0.2) is 5.78 Å². The number of hydrogen-bond donors (Lipinski definition) is 0. The summed E-state index contributed by atoms with van der Waals surface area (Å²) in [5.74, 6) is 1.03. The molecule has 92 valence electrons. The Hall–Kier alpha value is -1.51. The average Bonchev–Trinajstić information content (AvgIpc) is 2.26. The van der Waals surface area contributed by atoms with Gasteiger partial charge in [-0.15, -0.1) is 0 Å². The third kappa shape index (κ3) is 2.28. The van der Waals surface area contributed by atoms with Crippen LogP contribution in [0.15, 0.2) is 18.2 Å². The van der Waals surface area contributed by atoms with Crippen molar-refractivity contribution in [1.29, 1.82) is 0 Å². The highest BCUT2D eigenvalue weighted by molar-refractivity contribution is 5.97. The van der Waals surface area contributed by atoms with Gasteiger partial charge in [0.2, 0.25) is 0 Å². The number of hydrogen-bond acceptors (Lipinski definition) is 3. The molecular formula is C14H19NO2. The molecule has 0 bridgehead atoms. The van der Waals surface area contributed by atoms with Crippen LogP contribution in [0.25, 0.3) is 0 Å². The quantitative estimate of drug-likeness (QED) is 0.736. The van der Waals surface area contributed by atoms with Gasteiger partial charge >= 0.3 is 0 Å². The molecule has 3 nitrogen and oxygen atoms in total. The minimum atomic E-state index is -0.183. The van der Waals surface area contributed by atoms with E-state index in [1.165, 1.54) is 0 Å². The van der Waals surface area contributed by atoms with Crippen LogP contribution in [0.4, 0.5) is 5.69 Å². The minimum absolute atomic E-state index is 0.172. The summed E-state index contributed by atoms with van der Waals surface area (Å²) < 4.78 is 5.91. The molecule has 0 aromatic heterocycles. The van der Waals surface area contributed by atoms with Crippen LogP contribution in [0.5, 0.6) is 5.75 Å². The topological polar surface area (TPSA) is 29.5 Å². The lowest BCUT2D eigenvalue weighted by Gasteiger charge is -2.39. The molecule has 0 aliphatic carbocycles. The molecule has 0 saturated carbocycles. The van der Waals surface area contributed by atoms with Gasteiger partial charge < -0.3 is 9.64 Å². The van der Waals surface area contributed by atoms with Crippen molar-refractivity contribution in [3.8, 4) is 5.75 Å². The predicted octanol–water partition coefficient (Wildman–Crippen LogP) is 2.89. The normalized spacial score (nSPS) is 17.3. The number of nitrogens with zero attached hydrogens (tertiary/aromatic N) is 1. The van der Waals surface area contributed by atoms with Crippen LogP contribution in [-0.4, -0.2) is 25.0 Å². The standard InChI is InChI=1S/C14H19NO2/c1-5-12(16)10-6-7-13-11(8-10)15(4)9-14(2,3)17-13/h6-8H,5,9H2,1-4H3. The smallest absolute Gasteiger partial charge is 0.162 e. The fourth-order valence-corrected chi connectivity index (χ4v) is 2.27. The van der Waals surface area contributed by atoms with Gasteiger partial charge in [-0.25, -0.2) is 0 Å². The SMILES string of the molecule is CCC(=O)c1ccc2c(c1)N(C)CC(C)(C)O2. The highest BCUT2D eigenvalue weighted by Gasteiger charge is 2.30. The molecule has 0 saturated heterocycles. The van der Waals surface area contributed by atoms with Gasteiger partial charge in [-0.3, -0.25) is 4.79 Å². The Labute approximate surface area is 102 Å². The monoisotopic (exact) mass is 233 g/mol. The zero-order chi connectivity index (χ0) is 12.6. The Morgan fingerprint density at radius 1 is 1.47 bits per heavy atom. The van der Waals surface area contributed by atoms with Gasteiger partial charge in [0.1, 0.15) is 11.4 Å². The van der Waals surface area contributed by atoms with Crippen molar-refractivity contribution in [3.05, 3.63) is 23.8 Å². The molecular weight excluding hydrogens is 214 g/mol. The lowest BCUT2D eigenvalue weighted by molar-refractivity contribution is 0.0987. The first-order chi connectivity index (χ1) is 7.93. The molecule has 0 atom stereocenters. The number of benzene rings is 1. The van der Waals surface area contributed by atoms with E-state index in [2.05, 4.69) is 18.7 Å². The zero-order valence-electron chi connectivity index (χ0n) is 10.9. The summed E-state index contributed by atoms with van der Waals surface area (Å²) in [4.78, 5) is 13.8. The molecule has 1 aromatic rings. The van der Waals surface area contributed by atoms with Gasteiger partial charge in [-0.1, -0.05) is 6.92 Å². The number of carbonyl (C=O) groups is 1. The molecule has 0 unspecified atom stereocenters. The average molecular weight is 233 g/mol. The van der Waals surface area contributed by atoms with Crippen molar-refractivity contribution < 1.29 is 9.53 Å². The van der Waals surface area contributed by atoms with Gasteiger partial charge in [0, 0.05) is 19.0 Å². The predicted molar refractivity (Wildman–Crippen MR) is 69.0 cm³/mol. The Morgan fingerprint density at radius 3 is 2.82 bits per heavy atom. The first-order valence-corrected chi connectivity index (χ1v) is 6.00. The maximum atomic E-state index is 11.7. The van der Waals surface area contributed by atoms with Crippen LogP contribution in [-0.2, 0) is 0 Å². The molecule has 1 heterocycles. The van der Waals surface area contributed by atoms with E-state index in [1.807, 2.05) is 32.2 Å². The van der Waals surface area contributed by atoms with Gasteiger partial charge in [0.25, 0.3) is 0 Å². The lowest BCUT2D eigenvalue weighted by Crippen LogP contribution is -2.45. The van der Waals surface area contributed by atoms with E-state index in [0.29, 0.717) is 6.42 Å². The first kappa shape index (κ1) is 12.0. The number of fused-ring (bicyclic) bond motifs is 1. The molecule has 0 radical (unpaired) electrons. The van der Waals surface area contributed by atoms with Crippen molar-refractivity contribution in [2.24, 2.45) is 0 Å². The summed E-state index contributed by atoms with van der Waals surface area (Å²) in [6.07, 6.45) is 0.537. The van der Waals surface area contributed by atoms with Crippen molar-refractivity contribution in [2.75, 3.05) is 18.5 Å². The number of anilines is 1. The van der Waals surface area contributed by atoms with E-state index >= 15 is 0 Å². The van der Waals surface area contributed by atoms with Crippen molar-refractivity contribution in [3.63, 3.8) is 0 Å². The largest absolute Gasteiger partial charge is 0.484 e. The van der Waals surface area contributed by atoms with E-state index in [4.69, 9.17) is 4.74 Å². The van der Waals surface area contributed by atoms with Crippen LogP contribution in [0.1, 0.15) is 37.6 Å². The van der Waals surface area contributed by atoms with E-state index in [-0.39, 0.29) is 11.4 Å². The maximum Gasteiger partial charge on any atom is 0.162 e. The van der Waals surface area contributed by atoms with Crippen molar-refractivity contribution >= 4 is 11.5 Å². The molecule has 0 N–H and O–H groups in total. The summed E-state index contributed by atoms with van der Waals surface area (Å²) in [6, 6.07) is 5.67. The number of Topliss-reactive ketones (excluding diaryl/α,β-unsaturated/α-hetero) is 1. The molecule has 0 fully saturated rings. The molecule has 2 rings (SSSR count). The molecule has 17 heavy (non-hydrogen) atoms. The fourth-order valence-electron chi connectivity index (χ4n) is 2.27. The van der Waals surface area contributed by atoms with Gasteiger partial charge in [0.05, 0.1) is 12.2 Å². The third-order valence-electron chi connectivity index (χ3n) is 3.02. The highest BCUT2D eigenvalue weighted by atomic mass is 16.5. The van der Waals surface area contributed by atoms with Crippen molar-refractivity contribution in [1.82, 2.24) is 0 Å². The van der Waals surface area contributed by atoms with Crippen LogP contribution in [0.2, 0.25) is 0 Å². The number of ether oxygens (including phenoxy) is 1. The second-order valence-corrected chi connectivity index (χ2v) is 5.18. The summed E-state index contributed by atoms with van der Waals surface area (Å²) >= 11 is 0. The van der Waals surface area contributed by atoms with Crippen LogP contribution in [0, 0.1) is 0 Å². The van der Waals surface area contributed by atoms with Crippen LogP contribution in [0.3, 0.4) is 0 Å². The Balaban J connectivity index is 2.40. The molecule has 1 aliphatic heterocycles. The molecule has 0 spiro atoms. The second kappa shape index (κ2) is 4.06. The Bertz CT molecular complexity index is 452. The maximum absolute atomic E-state index is 11.7. The van der Waals surface area contributed by atoms with Crippen LogP contribution < -0.4 is 9.64 Å². The number of carbonyl (C=O) groups excluding carboxylic acids is 1. The first-order valence-electron chi connectivity index (χ1n) is 6.00. The molecule has 3 heteroatoms. The van der Waals surface area contributed by atoms with Crippen LogP contribution >= 0.6 is 0 Å². The minimum Gasteiger partial charge on any atom is -0.484 e. The van der Waals surface area contributed by atoms with Gasteiger partial charge in [-0.2, -0.15) is 0 Å². The number of rotatable bonds is 2. The molecule has 1 aromatic carbocycles.